The van der Waals surface area contributed by atoms with Crippen molar-refractivity contribution in [3.05, 3.63) is 0 Å². The van der Waals surface area contributed by atoms with Crippen molar-refractivity contribution in [3.63, 3.8) is 0 Å². The third-order valence-electron chi connectivity index (χ3n) is 3.92. The summed E-state index contributed by atoms with van der Waals surface area (Å²) in [5.74, 6) is 0.854. The van der Waals surface area contributed by atoms with Crippen LogP contribution in [-0.2, 0) is 0 Å². The predicted molar refractivity (Wildman–Crippen MR) is 80.5 cm³/mol. The minimum Gasteiger partial charge on any atom is -0.0654 e. The second-order valence-electron chi connectivity index (χ2n) is 6.68. The van der Waals surface area contributed by atoms with Gasteiger partial charge in [0.05, 0.1) is 0 Å². The lowest BCUT2D eigenvalue weighted by Crippen LogP contribution is -2.19. The first-order chi connectivity index (χ1) is 8.04. The van der Waals surface area contributed by atoms with E-state index in [0.29, 0.717) is 5.41 Å². The van der Waals surface area contributed by atoms with Crippen LogP contribution in [0.25, 0.3) is 0 Å². The maximum absolute atomic E-state index is 2.53. The van der Waals surface area contributed by atoms with E-state index in [-0.39, 0.29) is 0 Å². The van der Waals surface area contributed by atoms with Gasteiger partial charge >= 0.3 is 0 Å². The van der Waals surface area contributed by atoms with Crippen molar-refractivity contribution in [2.24, 2.45) is 11.3 Å². The molecule has 0 aliphatic rings. The Morgan fingerprint density at radius 3 is 1.82 bits per heavy atom. The summed E-state index contributed by atoms with van der Waals surface area (Å²) in [6, 6.07) is 0. The van der Waals surface area contributed by atoms with Crippen molar-refractivity contribution in [1.82, 2.24) is 0 Å². The molecule has 17 heavy (non-hydrogen) atoms. The molecule has 0 spiro atoms. The van der Waals surface area contributed by atoms with Crippen LogP contribution in [0.4, 0.5) is 0 Å². The number of rotatable bonds is 11. The van der Waals surface area contributed by atoms with E-state index in [0.717, 1.165) is 5.92 Å². The van der Waals surface area contributed by atoms with E-state index in [1.165, 1.54) is 64.2 Å². The zero-order valence-corrected chi connectivity index (χ0v) is 13.1. The third-order valence-corrected chi connectivity index (χ3v) is 3.92. The number of unbranched alkanes of at least 4 members (excludes halogenated alkanes) is 5. The minimum atomic E-state index is 0.621. The predicted octanol–water partition coefficient (Wildman–Crippen LogP) is 6.59. The van der Waals surface area contributed by atoms with Gasteiger partial charge in [0.15, 0.2) is 0 Å². The van der Waals surface area contributed by atoms with Gasteiger partial charge in [-0.25, -0.2) is 0 Å². The highest BCUT2D eigenvalue weighted by Gasteiger charge is 2.23. The summed E-state index contributed by atoms with van der Waals surface area (Å²) in [6.45, 7) is 11.9. The molecule has 0 saturated carbocycles. The second-order valence-corrected chi connectivity index (χ2v) is 6.68. The molecule has 0 aromatic rings. The van der Waals surface area contributed by atoms with Gasteiger partial charge in [-0.1, -0.05) is 79.6 Å². The largest absolute Gasteiger partial charge is 0.0654 e. The first-order valence-electron chi connectivity index (χ1n) is 8.04. The highest BCUT2D eigenvalue weighted by atomic mass is 14.3. The molecule has 0 aromatic carbocycles. The summed E-state index contributed by atoms with van der Waals surface area (Å²) in [7, 11) is 0. The van der Waals surface area contributed by atoms with Crippen molar-refractivity contribution in [2.75, 3.05) is 0 Å². The fourth-order valence-corrected chi connectivity index (χ4v) is 3.07. The average molecular weight is 240 g/mol. The van der Waals surface area contributed by atoms with Crippen LogP contribution in [0.15, 0.2) is 0 Å². The van der Waals surface area contributed by atoms with Gasteiger partial charge < -0.3 is 0 Å². The van der Waals surface area contributed by atoms with E-state index in [4.69, 9.17) is 0 Å². The molecule has 0 aromatic heterocycles. The second kappa shape index (κ2) is 9.97. The van der Waals surface area contributed by atoms with E-state index in [2.05, 4.69) is 34.6 Å². The maximum Gasteiger partial charge on any atom is -0.0323 e. The van der Waals surface area contributed by atoms with Crippen LogP contribution >= 0.6 is 0 Å². The van der Waals surface area contributed by atoms with Crippen LogP contribution in [0.2, 0.25) is 0 Å². The van der Waals surface area contributed by atoms with Crippen molar-refractivity contribution < 1.29 is 0 Å². The smallest absolute Gasteiger partial charge is 0.0323 e. The SMILES string of the molecule is CCCCCCCC(C)(CCCC)CC(C)C. The number of hydrogen-bond acceptors (Lipinski definition) is 0. The van der Waals surface area contributed by atoms with Crippen molar-refractivity contribution in [2.45, 2.75) is 98.8 Å². The van der Waals surface area contributed by atoms with Crippen molar-refractivity contribution >= 4 is 0 Å². The molecule has 1 unspecified atom stereocenters. The molecule has 0 bridgehead atoms. The van der Waals surface area contributed by atoms with Crippen LogP contribution in [0.1, 0.15) is 98.8 Å². The lowest BCUT2D eigenvalue weighted by molar-refractivity contribution is 0.204. The van der Waals surface area contributed by atoms with Crippen LogP contribution in [0.3, 0.4) is 0 Å². The van der Waals surface area contributed by atoms with E-state index in [1.807, 2.05) is 0 Å². The van der Waals surface area contributed by atoms with Gasteiger partial charge in [-0.15, -0.1) is 0 Å². The molecule has 0 radical (unpaired) electrons. The van der Waals surface area contributed by atoms with Gasteiger partial charge in [-0.2, -0.15) is 0 Å². The normalized spacial score (nSPS) is 15.2. The molecule has 104 valence electrons. The molecule has 0 saturated heterocycles. The molecule has 0 amide bonds. The molecule has 0 aliphatic heterocycles. The summed E-state index contributed by atoms with van der Waals surface area (Å²) < 4.78 is 0. The molecule has 0 heteroatoms. The first-order valence-corrected chi connectivity index (χ1v) is 8.04. The fraction of sp³-hybridized carbons (Fsp3) is 1.00. The molecule has 0 heterocycles. The quantitative estimate of drug-likeness (QED) is 0.357. The molecule has 0 rings (SSSR count). The Bertz CT molecular complexity index is 159. The third kappa shape index (κ3) is 9.68. The summed E-state index contributed by atoms with van der Waals surface area (Å²) in [4.78, 5) is 0. The van der Waals surface area contributed by atoms with Crippen LogP contribution in [0.5, 0.6) is 0 Å². The first kappa shape index (κ1) is 17.0. The molecular weight excluding hydrogens is 204 g/mol. The van der Waals surface area contributed by atoms with Gasteiger partial charge in [0.2, 0.25) is 0 Å². The summed E-state index contributed by atoms with van der Waals surface area (Å²) in [6.07, 6.45) is 14.2. The van der Waals surface area contributed by atoms with Crippen LogP contribution in [-0.4, -0.2) is 0 Å². The monoisotopic (exact) mass is 240 g/mol. The Labute approximate surface area is 111 Å². The summed E-state index contributed by atoms with van der Waals surface area (Å²) >= 11 is 0. The minimum absolute atomic E-state index is 0.621. The van der Waals surface area contributed by atoms with Gasteiger partial charge in [0.25, 0.3) is 0 Å². The highest BCUT2D eigenvalue weighted by molar-refractivity contribution is 4.75. The Hall–Kier alpha value is 0. The van der Waals surface area contributed by atoms with Gasteiger partial charge in [-0.3, -0.25) is 0 Å². The Morgan fingerprint density at radius 1 is 0.765 bits per heavy atom. The zero-order valence-electron chi connectivity index (χ0n) is 13.1. The lowest BCUT2D eigenvalue weighted by Gasteiger charge is -2.31. The fourth-order valence-electron chi connectivity index (χ4n) is 3.07. The zero-order chi connectivity index (χ0) is 13.1. The topological polar surface area (TPSA) is 0 Å². The summed E-state index contributed by atoms with van der Waals surface area (Å²) in [5.41, 5.74) is 0.621. The van der Waals surface area contributed by atoms with E-state index >= 15 is 0 Å². The lowest BCUT2D eigenvalue weighted by atomic mass is 9.74. The van der Waals surface area contributed by atoms with E-state index in [1.54, 1.807) is 0 Å². The molecule has 0 aliphatic carbocycles. The van der Waals surface area contributed by atoms with E-state index in [9.17, 15) is 0 Å². The maximum atomic E-state index is 2.53. The van der Waals surface area contributed by atoms with Crippen LogP contribution in [0, 0.1) is 11.3 Å². The molecule has 0 nitrogen and oxygen atoms in total. The molecule has 1 atom stereocenters. The molecular formula is C17H36. The van der Waals surface area contributed by atoms with Crippen molar-refractivity contribution in [3.8, 4) is 0 Å². The Morgan fingerprint density at radius 2 is 1.29 bits per heavy atom. The standard InChI is InChI=1S/C17H36/c1-6-8-10-11-12-14-17(5,13-9-7-2)15-16(3)4/h16H,6-15H2,1-5H3. The van der Waals surface area contributed by atoms with Gasteiger partial charge in [0, 0.05) is 0 Å². The van der Waals surface area contributed by atoms with Gasteiger partial charge in [-0.05, 0) is 30.6 Å². The Balaban J connectivity index is 3.91. The molecule has 0 fully saturated rings. The van der Waals surface area contributed by atoms with Gasteiger partial charge in [0.1, 0.15) is 0 Å². The highest BCUT2D eigenvalue weighted by Crippen LogP contribution is 2.37. The summed E-state index contributed by atoms with van der Waals surface area (Å²) in [5, 5.41) is 0. The van der Waals surface area contributed by atoms with Crippen LogP contribution < -0.4 is 0 Å². The van der Waals surface area contributed by atoms with Crippen molar-refractivity contribution in [1.29, 1.82) is 0 Å². The molecule has 0 N–H and O–H groups in total. The Kier molecular flexibility index (Phi) is 9.97. The number of hydrogen-bond donors (Lipinski definition) is 0. The van der Waals surface area contributed by atoms with E-state index < -0.39 is 0 Å². The average Bonchev–Trinajstić information content (AvgIpc) is 2.25.